The average molecular weight is 273 g/mol. The summed E-state index contributed by atoms with van der Waals surface area (Å²) in [5.74, 6) is 2.60. The fourth-order valence-corrected chi connectivity index (χ4v) is 4.52. The van der Waals surface area contributed by atoms with Gasteiger partial charge in [-0.1, -0.05) is 13.8 Å². The topological polar surface area (TPSA) is 46.2 Å². The van der Waals surface area contributed by atoms with Crippen LogP contribution in [0.15, 0.2) is 0 Å². The minimum atomic E-state index is -2.78. The van der Waals surface area contributed by atoms with Crippen LogP contribution in [0.2, 0.25) is 0 Å². The van der Waals surface area contributed by atoms with Crippen LogP contribution in [0.25, 0.3) is 0 Å². The van der Waals surface area contributed by atoms with Crippen LogP contribution < -0.4 is 5.32 Å². The van der Waals surface area contributed by atoms with Crippen molar-refractivity contribution in [2.24, 2.45) is 17.3 Å². The molecule has 0 spiro atoms. The van der Waals surface area contributed by atoms with Crippen molar-refractivity contribution in [3.63, 3.8) is 0 Å². The second-order valence-corrected chi connectivity index (χ2v) is 8.76. The van der Waals surface area contributed by atoms with Crippen LogP contribution in [-0.4, -0.2) is 33.0 Å². The van der Waals surface area contributed by atoms with E-state index in [0.717, 1.165) is 37.8 Å². The molecule has 18 heavy (non-hydrogen) atoms. The molecule has 1 N–H and O–H groups in total. The molecule has 2 atom stereocenters. The predicted molar refractivity (Wildman–Crippen MR) is 75.4 cm³/mol. The highest BCUT2D eigenvalue weighted by Gasteiger charge is 2.52. The quantitative estimate of drug-likeness (QED) is 0.737. The summed E-state index contributed by atoms with van der Waals surface area (Å²) in [6, 6.07) is 0. The molecule has 0 radical (unpaired) electrons. The van der Waals surface area contributed by atoms with Gasteiger partial charge in [0.15, 0.2) is 0 Å². The van der Waals surface area contributed by atoms with Gasteiger partial charge in [-0.3, -0.25) is 0 Å². The molecule has 0 aromatic carbocycles. The lowest BCUT2D eigenvalue weighted by Crippen LogP contribution is -2.33. The Balaban J connectivity index is 1.83. The van der Waals surface area contributed by atoms with Gasteiger partial charge < -0.3 is 5.32 Å². The highest BCUT2D eigenvalue weighted by atomic mass is 32.2. The molecule has 0 aromatic heterocycles. The highest BCUT2D eigenvalue weighted by molar-refractivity contribution is 7.91. The van der Waals surface area contributed by atoms with Crippen LogP contribution in [0, 0.1) is 17.3 Å². The SMILES string of the molecule is CCNCC1(CCCS(=O)(=O)CC)CC2CC2C1. The van der Waals surface area contributed by atoms with Crippen LogP contribution in [0.4, 0.5) is 0 Å². The van der Waals surface area contributed by atoms with Gasteiger partial charge in [0, 0.05) is 12.3 Å². The third-order valence-electron chi connectivity index (χ3n) is 4.81. The van der Waals surface area contributed by atoms with Crippen LogP contribution in [0.3, 0.4) is 0 Å². The monoisotopic (exact) mass is 273 g/mol. The van der Waals surface area contributed by atoms with Gasteiger partial charge in [0.2, 0.25) is 0 Å². The minimum Gasteiger partial charge on any atom is -0.316 e. The first-order valence-corrected chi connectivity index (χ1v) is 9.23. The summed E-state index contributed by atoms with van der Waals surface area (Å²) < 4.78 is 23.1. The molecule has 2 fully saturated rings. The maximum absolute atomic E-state index is 11.5. The molecule has 0 bridgehead atoms. The number of rotatable bonds is 8. The molecule has 0 saturated heterocycles. The fourth-order valence-electron chi connectivity index (χ4n) is 3.64. The van der Waals surface area contributed by atoms with E-state index in [4.69, 9.17) is 0 Å². The van der Waals surface area contributed by atoms with E-state index in [1.807, 2.05) is 0 Å². The molecule has 0 aliphatic heterocycles. The first kappa shape index (κ1) is 14.3. The normalized spacial score (nSPS) is 34.6. The number of fused-ring (bicyclic) bond motifs is 1. The van der Waals surface area contributed by atoms with Crippen molar-refractivity contribution >= 4 is 9.84 Å². The van der Waals surface area contributed by atoms with Crippen molar-refractivity contribution < 1.29 is 8.42 Å². The number of hydrogen-bond donors (Lipinski definition) is 1. The Labute approximate surface area is 112 Å². The van der Waals surface area contributed by atoms with Gasteiger partial charge in [0.25, 0.3) is 0 Å². The third kappa shape index (κ3) is 3.47. The first-order valence-electron chi connectivity index (χ1n) is 7.41. The van der Waals surface area contributed by atoms with Crippen molar-refractivity contribution in [2.45, 2.75) is 46.0 Å². The van der Waals surface area contributed by atoms with Gasteiger partial charge in [-0.15, -0.1) is 0 Å². The molecule has 2 unspecified atom stereocenters. The lowest BCUT2D eigenvalue weighted by molar-refractivity contribution is 0.230. The second kappa shape index (κ2) is 5.49. The van der Waals surface area contributed by atoms with E-state index in [1.54, 1.807) is 6.92 Å². The smallest absolute Gasteiger partial charge is 0.150 e. The van der Waals surface area contributed by atoms with Crippen LogP contribution in [-0.2, 0) is 9.84 Å². The molecular weight excluding hydrogens is 246 g/mol. The molecule has 2 saturated carbocycles. The molecule has 106 valence electrons. The van der Waals surface area contributed by atoms with Crippen molar-refractivity contribution in [1.82, 2.24) is 5.32 Å². The zero-order chi connectivity index (χ0) is 13.2. The highest BCUT2D eigenvalue weighted by Crippen LogP contribution is 2.61. The van der Waals surface area contributed by atoms with E-state index in [0.29, 0.717) is 16.9 Å². The third-order valence-corrected chi connectivity index (χ3v) is 6.60. The summed E-state index contributed by atoms with van der Waals surface area (Å²) in [6.45, 7) is 5.99. The molecule has 0 amide bonds. The summed E-state index contributed by atoms with van der Waals surface area (Å²) in [5, 5.41) is 3.48. The molecule has 0 heterocycles. The van der Waals surface area contributed by atoms with Gasteiger partial charge in [-0.25, -0.2) is 8.42 Å². The zero-order valence-corrected chi connectivity index (χ0v) is 12.6. The Morgan fingerprint density at radius 1 is 1.22 bits per heavy atom. The van der Waals surface area contributed by atoms with Crippen LogP contribution in [0.5, 0.6) is 0 Å². The largest absolute Gasteiger partial charge is 0.316 e. The maximum Gasteiger partial charge on any atom is 0.150 e. The van der Waals surface area contributed by atoms with Gasteiger partial charge in [-0.05, 0) is 55.9 Å². The van der Waals surface area contributed by atoms with Gasteiger partial charge in [0.1, 0.15) is 9.84 Å². The van der Waals surface area contributed by atoms with Gasteiger partial charge in [0.05, 0.1) is 5.75 Å². The number of hydrogen-bond acceptors (Lipinski definition) is 3. The summed E-state index contributed by atoms with van der Waals surface area (Å²) >= 11 is 0. The van der Waals surface area contributed by atoms with Gasteiger partial charge >= 0.3 is 0 Å². The van der Waals surface area contributed by atoms with Crippen molar-refractivity contribution in [3.05, 3.63) is 0 Å². The average Bonchev–Trinajstić information content (AvgIpc) is 2.95. The Morgan fingerprint density at radius 3 is 2.44 bits per heavy atom. The van der Waals surface area contributed by atoms with Crippen molar-refractivity contribution in [3.8, 4) is 0 Å². The lowest BCUT2D eigenvalue weighted by Gasteiger charge is -2.31. The Morgan fingerprint density at radius 2 is 1.89 bits per heavy atom. The Bertz CT molecular complexity index is 367. The number of nitrogens with one attached hydrogen (secondary N) is 1. The van der Waals surface area contributed by atoms with E-state index in [2.05, 4.69) is 12.2 Å². The van der Waals surface area contributed by atoms with Crippen molar-refractivity contribution in [2.75, 3.05) is 24.6 Å². The standard InChI is InChI=1S/C14H27NO2S/c1-3-15-11-14(9-12-8-13(12)10-14)6-5-7-18(16,17)4-2/h12-13,15H,3-11H2,1-2H3. The van der Waals surface area contributed by atoms with Gasteiger partial charge in [-0.2, -0.15) is 0 Å². The fraction of sp³-hybridized carbons (Fsp3) is 1.00. The first-order chi connectivity index (χ1) is 8.50. The molecule has 4 heteroatoms. The molecule has 3 nitrogen and oxygen atoms in total. The molecular formula is C14H27NO2S. The molecule has 2 rings (SSSR count). The van der Waals surface area contributed by atoms with E-state index in [-0.39, 0.29) is 0 Å². The summed E-state index contributed by atoms with van der Waals surface area (Å²) in [4.78, 5) is 0. The number of sulfone groups is 1. The van der Waals surface area contributed by atoms with E-state index < -0.39 is 9.84 Å². The van der Waals surface area contributed by atoms with E-state index in [9.17, 15) is 8.42 Å². The van der Waals surface area contributed by atoms with E-state index >= 15 is 0 Å². The summed E-state index contributed by atoms with van der Waals surface area (Å²) in [7, 11) is -2.78. The Kier molecular flexibility index (Phi) is 4.37. The predicted octanol–water partition coefficient (Wildman–Crippen LogP) is 2.23. The van der Waals surface area contributed by atoms with Crippen LogP contribution in [0.1, 0.15) is 46.0 Å². The summed E-state index contributed by atoms with van der Waals surface area (Å²) in [6.07, 6.45) is 6.03. The second-order valence-electron chi connectivity index (χ2n) is 6.28. The Hall–Kier alpha value is -0.0900. The van der Waals surface area contributed by atoms with Crippen LogP contribution >= 0.6 is 0 Å². The molecule has 2 aliphatic rings. The van der Waals surface area contributed by atoms with Crippen molar-refractivity contribution in [1.29, 1.82) is 0 Å². The molecule has 2 aliphatic carbocycles. The minimum absolute atomic E-state index is 0.290. The van der Waals surface area contributed by atoms with E-state index in [1.165, 1.54) is 19.3 Å². The molecule has 0 aromatic rings. The zero-order valence-electron chi connectivity index (χ0n) is 11.7. The lowest BCUT2D eigenvalue weighted by atomic mass is 9.79. The summed E-state index contributed by atoms with van der Waals surface area (Å²) in [5.41, 5.74) is 0.410. The maximum atomic E-state index is 11.5.